The summed E-state index contributed by atoms with van der Waals surface area (Å²) in [4.78, 5) is 34.5. The molecule has 0 aliphatic heterocycles. The summed E-state index contributed by atoms with van der Waals surface area (Å²) < 4.78 is 7.28. The van der Waals surface area contributed by atoms with Gasteiger partial charge in [0.1, 0.15) is 23.3 Å². The lowest BCUT2D eigenvalue weighted by Gasteiger charge is -2.11. The largest absolute Gasteiger partial charge is 0.443 e. The smallest absolute Gasteiger partial charge is 0.247 e. The van der Waals surface area contributed by atoms with Crippen LogP contribution in [-0.2, 0) is 6.42 Å². The third-order valence-electron chi connectivity index (χ3n) is 4.58. The van der Waals surface area contributed by atoms with E-state index in [-0.39, 0.29) is 29.6 Å². The van der Waals surface area contributed by atoms with Crippen molar-refractivity contribution in [1.29, 1.82) is 0 Å². The molecular weight excluding hydrogens is 402 g/mol. The number of pyridine rings is 1. The van der Waals surface area contributed by atoms with Crippen LogP contribution in [0, 0.1) is 0 Å². The van der Waals surface area contributed by atoms with Gasteiger partial charge in [-0.1, -0.05) is 0 Å². The molecule has 5 rings (SSSR count). The van der Waals surface area contributed by atoms with Gasteiger partial charge < -0.3 is 14.6 Å². The third-order valence-corrected chi connectivity index (χ3v) is 5.21. The van der Waals surface area contributed by atoms with Crippen molar-refractivity contribution in [3.05, 3.63) is 65.5 Å². The summed E-state index contributed by atoms with van der Waals surface area (Å²) in [5, 5.41) is 1.92. The van der Waals surface area contributed by atoms with Gasteiger partial charge in [-0.05, 0) is 18.6 Å². The number of nitrogens with two attached hydrogens (primary N) is 1. The van der Waals surface area contributed by atoms with Crippen LogP contribution in [0.15, 0.2) is 58.5 Å². The summed E-state index contributed by atoms with van der Waals surface area (Å²) in [6.45, 7) is 0. The number of fused-ring (bicyclic) bond motifs is 1. The van der Waals surface area contributed by atoms with Gasteiger partial charge in [-0.25, -0.2) is 24.9 Å². The van der Waals surface area contributed by atoms with E-state index in [9.17, 15) is 4.79 Å². The van der Waals surface area contributed by atoms with Crippen molar-refractivity contribution in [2.24, 2.45) is 0 Å². The van der Waals surface area contributed by atoms with Gasteiger partial charge >= 0.3 is 0 Å². The number of nitrogens with zero attached hydrogens (tertiary/aromatic N) is 6. The van der Waals surface area contributed by atoms with E-state index in [0.717, 1.165) is 16.9 Å². The molecule has 0 saturated heterocycles. The van der Waals surface area contributed by atoms with Crippen LogP contribution in [-0.4, -0.2) is 35.1 Å². The first-order valence-corrected chi connectivity index (χ1v) is 10.0. The fraction of sp³-hybridized carbons (Fsp3) is 0.100. The molecule has 148 valence electrons. The first-order chi connectivity index (χ1) is 14.7. The van der Waals surface area contributed by atoms with E-state index in [0.29, 0.717) is 17.8 Å². The predicted octanol–water partition coefficient (Wildman–Crippen LogP) is 3.30. The maximum Gasteiger partial charge on any atom is 0.247 e. The first kappa shape index (κ1) is 18.1. The molecule has 0 aliphatic rings. The van der Waals surface area contributed by atoms with Gasteiger partial charge in [0.25, 0.3) is 0 Å². The SMILES string of the molecule is Nc1nc(-c2ncco2)c(-c2ccc3nccn3c2)nc1C(=O)CCc1cscn1. The number of oxazole rings is 1. The number of ketones is 1. The minimum atomic E-state index is -0.197. The second-order valence-electron chi connectivity index (χ2n) is 6.51. The van der Waals surface area contributed by atoms with E-state index in [1.54, 1.807) is 11.7 Å². The van der Waals surface area contributed by atoms with E-state index in [1.807, 2.05) is 34.3 Å². The molecule has 0 atom stereocenters. The molecule has 0 amide bonds. The number of hydrogen-bond donors (Lipinski definition) is 1. The van der Waals surface area contributed by atoms with Gasteiger partial charge in [0.2, 0.25) is 5.89 Å². The molecule has 5 aromatic rings. The van der Waals surface area contributed by atoms with E-state index >= 15 is 0 Å². The Kier molecular flexibility index (Phi) is 4.52. The lowest BCUT2D eigenvalue weighted by molar-refractivity contribution is 0.0978. The van der Waals surface area contributed by atoms with E-state index in [4.69, 9.17) is 10.2 Å². The Morgan fingerprint density at radius 1 is 1.13 bits per heavy atom. The summed E-state index contributed by atoms with van der Waals surface area (Å²) in [7, 11) is 0. The zero-order valence-corrected chi connectivity index (χ0v) is 16.4. The fourth-order valence-electron chi connectivity index (χ4n) is 3.13. The van der Waals surface area contributed by atoms with Crippen LogP contribution in [0.5, 0.6) is 0 Å². The molecule has 0 saturated carbocycles. The topological polar surface area (TPSA) is 125 Å². The van der Waals surface area contributed by atoms with Gasteiger partial charge in [0.05, 0.1) is 17.4 Å². The van der Waals surface area contributed by atoms with Crippen LogP contribution in [0.1, 0.15) is 22.6 Å². The van der Waals surface area contributed by atoms with Crippen LogP contribution >= 0.6 is 11.3 Å². The highest BCUT2D eigenvalue weighted by Gasteiger charge is 2.22. The number of anilines is 1. The molecule has 5 heterocycles. The van der Waals surface area contributed by atoms with Crippen molar-refractivity contribution in [2.45, 2.75) is 12.8 Å². The zero-order chi connectivity index (χ0) is 20.5. The van der Waals surface area contributed by atoms with Gasteiger partial charge in [0.15, 0.2) is 17.3 Å². The minimum Gasteiger partial charge on any atom is -0.443 e. The van der Waals surface area contributed by atoms with Crippen LogP contribution in [0.25, 0.3) is 28.5 Å². The minimum absolute atomic E-state index is 0.0407. The van der Waals surface area contributed by atoms with Crippen LogP contribution in [0.4, 0.5) is 5.82 Å². The predicted molar refractivity (Wildman–Crippen MR) is 111 cm³/mol. The number of carbonyl (C=O) groups excluding carboxylic acids is 1. The number of aromatic nitrogens is 6. The molecule has 0 aromatic carbocycles. The van der Waals surface area contributed by atoms with Crippen molar-refractivity contribution >= 4 is 28.6 Å². The average Bonchev–Trinajstić information content (AvgIpc) is 3.54. The number of hydrogen-bond acceptors (Lipinski definition) is 9. The maximum absolute atomic E-state index is 12.9. The lowest BCUT2D eigenvalue weighted by Crippen LogP contribution is -2.12. The molecule has 0 spiro atoms. The van der Waals surface area contributed by atoms with E-state index in [1.165, 1.54) is 23.8 Å². The van der Waals surface area contributed by atoms with Crippen LogP contribution < -0.4 is 5.73 Å². The third kappa shape index (κ3) is 3.33. The van der Waals surface area contributed by atoms with Crippen molar-refractivity contribution < 1.29 is 9.21 Å². The normalized spacial score (nSPS) is 11.2. The van der Waals surface area contributed by atoms with Crippen molar-refractivity contribution in [3.8, 4) is 22.8 Å². The number of imidazole rings is 1. The second kappa shape index (κ2) is 7.48. The molecule has 30 heavy (non-hydrogen) atoms. The Morgan fingerprint density at radius 2 is 2.07 bits per heavy atom. The number of Topliss-reactive ketones (excluding diaryl/α,β-unsaturated/α-hetero) is 1. The molecule has 10 heteroatoms. The number of nitrogen functional groups attached to an aromatic ring is 1. The Hall–Kier alpha value is -3.92. The van der Waals surface area contributed by atoms with Crippen molar-refractivity contribution in [3.63, 3.8) is 0 Å². The zero-order valence-electron chi connectivity index (χ0n) is 15.6. The number of aryl methyl sites for hydroxylation is 1. The van der Waals surface area contributed by atoms with Gasteiger partial charge in [0, 0.05) is 36.0 Å². The Labute approximate surface area is 174 Å². The summed E-state index contributed by atoms with van der Waals surface area (Å²) in [6, 6.07) is 3.72. The summed E-state index contributed by atoms with van der Waals surface area (Å²) in [5.41, 5.74) is 11.2. The molecule has 0 bridgehead atoms. The Morgan fingerprint density at radius 3 is 2.87 bits per heavy atom. The molecule has 0 unspecified atom stereocenters. The molecular formula is C20H15N7O2S. The lowest BCUT2D eigenvalue weighted by atomic mass is 10.1. The first-order valence-electron chi connectivity index (χ1n) is 9.10. The van der Waals surface area contributed by atoms with Crippen LogP contribution in [0.3, 0.4) is 0 Å². The number of carbonyl (C=O) groups is 1. The number of rotatable bonds is 6. The van der Waals surface area contributed by atoms with Gasteiger partial charge in [-0.2, -0.15) is 0 Å². The van der Waals surface area contributed by atoms with Crippen LogP contribution in [0.2, 0.25) is 0 Å². The highest BCUT2D eigenvalue weighted by atomic mass is 32.1. The summed E-state index contributed by atoms with van der Waals surface area (Å²) >= 11 is 1.49. The van der Waals surface area contributed by atoms with E-state index < -0.39 is 0 Å². The standard InChI is InChI=1S/C20H15N7O2S/c21-19-17(14(28)3-2-13-10-30-11-24-13)25-16(18(26-19)20-23-6-8-29-20)12-1-4-15-22-5-7-27(15)9-12/h1,4-11H,2-3H2,(H2,21,26). The molecule has 0 aliphatic carbocycles. The monoisotopic (exact) mass is 417 g/mol. The molecule has 0 radical (unpaired) electrons. The highest BCUT2D eigenvalue weighted by Crippen LogP contribution is 2.30. The molecule has 0 fully saturated rings. The Bertz CT molecular complexity index is 1330. The molecule has 5 aromatic heterocycles. The summed E-state index contributed by atoms with van der Waals surface area (Å²) in [6.07, 6.45) is 9.11. The quantitative estimate of drug-likeness (QED) is 0.417. The molecule has 2 N–H and O–H groups in total. The van der Waals surface area contributed by atoms with Gasteiger partial charge in [-0.3, -0.25) is 4.79 Å². The van der Waals surface area contributed by atoms with E-state index in [2.05, 4.69) is 24.9 Å². The summed E-state index contributed by atoms with van der Waals surface area (Å²) in [5.74, 6) is 0.118. The van der Waals surface area contributed by atoms with Crippen molar-refractivity contribution in [1.82, 2.24) is 29.3 Å². The second-order valence-corrected chi connectivity index (χ2v) is 7.22. The molecule has 9 nitrogen and oxygen atoms in total. The average molecular weight is 417 g/mol. The fourth-order valence-corrected chi connectivity index (χ4v) is 3.72. The van der Waals surface area contributed by atoms with Crippen molar-refractivity contribution in [2.75, 3.05) is 5.73 Å². The van der Waals surface area contributed by atoms with Gasteiger partial charge in [-0.15, -0.1) is 11.3 Å². The maximum atomic E-state index is 12.9. The highest BCUT2D eigenvalue weighted by molar-refractivity contribution is 7.07. The Balaban J connectivity index is 1.59. The number of thiazole rings is 1.